The van der Waals surface area contributed by atoms with Crippen LogP contribution in [0.25, 0.3) is 0 Å². The summed E-state index contributed by atoms with van der Waals surface area (Å²) in [5, 5.41) is 5.26. The summed E-state index contributed by atoms with van der Waals surface area (Å²) in [6.45, 7) is 4.65. The SMILES string of the molecule is Cc1cccc(CNC(=O)C(=O)NCc2ccccc2C)c1. The summed E-state index contributed by atoms with van der Waals surface area (Å²) in [4.78, 5) is 23.6. The molecule has 2 aromatic carbocycles. The second-order valence-corrected chi connectivity index (χ2v) is 5.28. The predicted molar refractivity (Wildman–Crippen MR) is 86.1 cm³/mol. The molecule has 0 saturated carbocycles. The summed E-state index contributed by atoms with van der Waals surface area (Å²) in [6.07, 6.45) is 0. The summed E-state index contributed by atoms with van der Waals surface area (Å²) < 4.78 is 0. The van der Waals surface area contributed by atoms with Gasteiger partial charge in [0.2, 0.25) is 0 Å². The molecule has 0 aliphatic rings. The van der Waals surface area contributed by atoms with Crippen molar-refractivity contribution in [2.45, 2.75) is 26.9 Å². The van der Waals surface area contributed by atoms with Gasteiger partial charge >= 0.3 is 11.8 Å². The van der Waals surface area contributed by atoms with Crippen molar-refractivity contribution in [3.63, 3.8) is 0 Å². The number of rotatable bonds is 4. The summed E-state index contributed by atoms with van der Waals surface area (Å²) >= 11 is 0. The molecule has 0 spiro atoms. The van der Waals surface area contributed by atoms with E-state index in [-0.39, 0.29) is 0 Å². The minimum atomic E-state index is -0.616. The van der Waals surface area contributed by atoms with E-state index in [1.165, 1.54) is 0 Å². The Bertz CT molecular complexity index is 680. The Morgan fingerprint density at radius 3 is 2.23 bits per heavy atom. The maximum absolute atomic E-state index is 11.8. The first-order valence-corrected chi connectivity index (χ1v) is 7.22. The fraction of sp³-hybridized carbons (Fsp3) is 0.222. The van der Waals surface area contributed by atoms with E-state index in [0.29, 0.717) is 13.1 Å². The number of hydrogen-bond donors (Lipinski definition) is 2. The molecule has 114 valence electrons. The highest BCUT2D eigenvalue weighted by Crippen LogP contribution is 2.06. The van der Waals surface area contributed by atoms with Crippen molar-refractivity contribution in [1.82, 2.24) is 10.6 Å². The Morgan fingerprint density at radius 1 is 0.864 bits per heavy atom. The number of carbonyl (C=O) groups excluding carboxylic acids is 2. The third-order valence-corrected chi connectivity index (χ3v) is 3.44. The molecule has 0 aliphatic carbocycles. The highest BCUT2D eigenvalue weighted by atomic mass is 16.2. The van der Waals surface area contributed by atoms with E-state index < -0.39 is 11.8 Å². The van der Waals surface area contributed by atoms with Gasteiger partial charge in [-0.25, -0.2) is 0 Å². The lowest BCUT2D eigenvalue weighted by Crippen LogP contribution is -2.39. The first-order valence-electron chi connectivity index (χ1n) is 7.22. The molecule has 0 bridgehead atoms. The fourth-order valence-corrected chi connectivity index (χ4v) is 2.15. The van der Waals surface area contributed by atoms with Gasteiger partial charge in [-0.3, -0.25) is 9.59 Å². The van der Waals surface area contributed by atoms with E-state index in [4.69, 9.17) is 0 Å². The highest BCUT2D eigenvalue weighted by molar-refractivity contribution is 6.35. The van der Waals surface area contributed by atoms with Gasteiger partial charge in [0.15, 0.2) is 0 Å². The summed E-state index contributed by atoms with van der Waals surface area (Å²) in [6, 6.07) is 15.6. The maximum atomic E-state index is 11.8. The standard InChI is InChI=1S/C18H20N2O2/c1-13-6-5-8-15(10-13)11-19-17(21)18(22)20-12-16-9-4-3-7-14(16)2/h3-10H,11-12H2,1-2H3,(H,19,21)(H,20,22). The molecule has 22 heavy (non-hydrogen) atoms. The summed E-state index contributed by atoms with van der Waals surface area (Å²) in [5.41, 5.74) is 4.18. The molecule has 0 aliphatic heterocycles. The van der Waals surface area contributed by atoms with Gasteiger partial charge in [0.25, 0.3) is 0 Å². The van der Waals surface area contributed by atoms with Crippen LogP contribution >= 0.6 is 0 Å². The van der Waals surface area contributed by atoms with E-state index in [1.807, 2.05) is 62.4 Å². The first kappa shape index (κ1) is 15.8. The molecule has 2 aromatic rings. The number of benzene rings is 2. The van der Waals surface area contributed by atoms with Crippen LogP contribution < -0.4 is 10.6 Å². The van der Waals surface area contributed by atoms with Crippen molar-refractivity contribution in [2.24, 2.45) is 0 Å². The maximum Gasteiger partial charge on any atom is 0.309 e. The van der Waals surface area contributed by atoms with Gasteiger partial charge in [-0.05, 0) is 30.5 Å². The van der Waals surface area contributed by atoms with E-state index in [1.54, 1.807) is 0 Å². The molecule has 0 fully saturated rings. The zero-order chi connectivity index (χ0) is 15.9. The minimum Gasteiger partial charge on any atom is -0.344 e. The van der Waals surface area contributed by atoms with Crippen LogP contribution in [-0.2, 0) is 22.7 Å². The summed E-state index contributed by atoms with van der Waals surface area (Å²) in [7, 11) is 0. The van der Waals surface area contributed by atoms with Gasteiger partial charge in [-0.2, -0.15) is 0 Å². The Hall–Kier alpha value is -2.62. The zero-order valence-corrected chi connectivity index (χ0v) is 12.8. The lowest BCUT2D eigenvalue weighted by Gasteiger charge is -2.08. The molecule has 0 saturated heterocycles. The quantitative estimate of drug-likeness (QED) is 0.850. The van der Waals surface area contributed by atoms with Crippen molar-refractivity contribution < 1.29 is 9.59 Å². The van der Waals surface area contributed by atoms with E-state index in [2.05, 4.69) is 10.6 Å². The second kappa shape index (κ2) is 7.41. The monoisotopic (exact) mass is 296 g/mol. The average molecular weight is 296 g/mol. The lowest BCUT2D eigenvalue weighted by atomic mass is 10.1. The number of hydrogen-bond acceptors (Lipinski definition) is 2. The normalized spacial score (nSPS) is 10.1. The van der Waals surface area contributed by atoms with Crippen LogP contribution in [-0.4, -0.2) is 11.8 Å². The lowest BCUT2D eigenvalue weighted by molar-refractivity contribution is -0.139. The highest BCUT2D eigenvalue weighted by Gasteiger charge is 2.12. The molecule has 2 amide bonds. The fourth-order valence-electron chi connectivity index (χ4n) is 2.15. The number of amides is 2. The van der Waals surface area contributed by atoms with Crippen LogP contribution in [0, 0.1) is 13.8 Å². The summed E-state index contributed by atoms with van der Waals surface area (Å²) in [5.74, 6) is -1.23. The van der Waals surface area contributed by atoms with Crippen LogP contribution in [0.1, 0.15) is 22.3 Å². The minimum absolute atomic E-state index is 0.346. The Morgan fingerprint density at radius 2 is 1.55 bits per heavy atom. The van der Waals surface area contributed by atoms with Crippen molar-refractivity contribution in [3.8, 4) is 0 Å². The van der Waals surface area contributed by atoms with Crippen LogP contribution in [0.5, 0.6) is 0 Å². The molecule has 4 nitrogen and oxygen atoms in total. The van der Waals surface area contributed by atoms with Crippen molar-refractivity contribution in [2.75, 3.05) is 0 Å². The van der Waals surface area contributed by atoms with Gasteiger partial charge < -0.3 is 10.6 Å². The molecule has 0 radical (unpaired) electrons. The van der Waals surface area contributed by atoms with Gasteiger partial charge in [0.05, 0.1) is 0 Å². The zero-order valence-electron chi connectivity index (χ0n) is 12.8. The Kier molecular flexibility index (Phi) is 5.31. The molecule has 0 heterocycles. The van der Waals surface area contributed by atoms with E-state index in [9.17, 15) is 9.59 Å². The number of carbonyl (C=O) groups is 2. The van der Waals surface area contributed by atoms with Gasteiger partial charge in [0.1, 0.15) is 0 Å². The average Bonchev–Trinajstić information content (AvgIpc) is 2.51. The Balaban J connectivity index is 1.82. The van der Waals surface area contributed by atoms with Crippen LogP contribution in [0.2, 0.25) is 0 Å². The number of aryl methyl sites for hydroxylation is 2. The van der Waals surface area contributed by atoms with Gasteiger partial charge in [-0.15, -0.1) is 0 Å². The third kappa shape index (κ3) is 4.45. The van der Waals surface area contributed by atoms with Crippen LogP contribution in [0.3, 0.4) is 0 Å². The topological polar surface area (TPSA) is 58.2 Å². The number of nitrogens with one attached hydrogen (secondary N) is 2. The largest absolute Gasteiger partial charge is 0.344 e. The molecular weight excluding hydrogens is 276 g/mol. The smallest absolute Gasteiger partial charge is 0.309 e. The third-order valence-electron chi connectivity index (χ3n) is 3.44. The molecule has 0 aromatic heterocycles. The van der Waals surface area contributed by atoms with Crippen LogP contribution in [0.15, 0.2) is 48.5 Å². The van der Waals surface area contributed by atoms with Crippen molar-refractivity contribution in [3.05, 3.63) is 70.8 Å². The van der Waals surface area contributed by atoms with Crippen molar-refractivity contribution in [1.29, 1.82) is 0 Å². The molecule has 4 heteroatoms. The Labute approximate surface area is 130 Å². The molecule has 0 unspecified atom stereocenters. The van der Waals surface area contributed by atoms with Crippen molar-refractivity contribution >= 4 is 11.8 Å². The van der Waals surface area contributed by atoms with Gasteiger partial charge in [-0.1, -0.05) is 54.1 Å². The van der Waals surface area contributed by atoms with E-state index in [0.717, 1.165) is 22.3 Å². The molecular formula is C18H20N2O2. The molecule has 0 atom stereocenters. The molecule has 2 rings (SSSR count). The van der Waals surface area contributed by atoms with E-state index >= 15 is 0 Å². The predicted octanol–water partition coefficient (Wildman–Crippen LogP) is 2.24. The van der Waals surface area contributed by atoms with Crippen LogP contribution in [0.4, 0.5) is 0 Å². The van der Waals surface area contributed by atoms with Gasteiger partial charge in [0, 0.05) is 13.1 Å². The molecule has 2 N–H and O–H groups in total. The first-order chi connectivity index (χ1) is 10.6. The second-order valence-electron chi connectivity index (χ2n) is 5.28.